The van der Waals surface area contributed by atoms with Gasteiger partial charge in [0.15, 0.2) is 6.10 Å². The molecule has 0 spiro atoms. The SMILES string of the molecule is NCC1CCC(C(=O)NC[C@H](O)C(=O)O)O1. The normalized spacial score (nSPS) is 26.4. The molecule has 0 aromatic rings. The van der Waals surface area contributed by atoms with Gasteiger partial charge in [0, 0.05) is 6.54 Å². The van der Waals surface area contributed by atoms with E-state index in [0.29, 0.717) is 13.0 Å². The number of aliphatic hydroxyl groups is 1. The third-order valence-corrected chi connectivity index (χ3v) is 2.42. The number of nitrogens with one attached hydrogen (secondary N) is 1. The first-order valence-electron chi connectivity index (χ1n) is 5.08. The molecule has 0 saturated carbocycles. The molecule has 1 amide bonds. The number of aliphatic carboxylic acids is 1. The van der Waals surface area contributed by atoms with Gasteiger partial charge >= 0.3 is 5.97 Å². The maximum atomic E-state index is 11.5. The van der Waals surface area contributed by atoms with Crippen molar-refractivity contribution in [3.05, 3.63) is 0 Å². The van der Waals surface area contributed by atoms with Gasteiger partial charge in [0.25, 0.3) is 0 Å². The molecule has 7 heteroatoms. The van der Waals surface area contributed by atoms with Crippen molar-refractivity contribution < 1.29 is 24.5 Å². The molecule has 1 fully saturated rings. The predicted molar refractivity (Wildman–Crippen MR) is 53.6 cm³/mol. The van der Waals surface area contributed by atoms with Gasteiger partial charge in [0.2, 0.25) is 5.91 Å². The molecule has 0 radical (unpaired) electrons. The van der Waals surface area contributed by atoms with E-state index in [9.17, 15) is 9.59 Å². The van der Waals surface area contributed by atoms with Crippen LogP contribution in [0.1, 0.15) is 12.8 Å². The Kier molecular flexibility index (Phi) is 4.66. The summed E-state index contributed by atoms with van der Waals surface area (Å²) in [5.74, 6) is -1.77. The molecule has 1 aliphatic rings. The molecule has 92 valence electrons. The van der Waals surface area contributed by atoms with Gasteiger partial charge in [-0.25, -0.2) is 4.79 Å². The second-order valence-electron chi connectivity index (χ2n) is 3.66. The van der Waals surface area contributed by atoms with E-state index in [-0.39, 0.29) is 12.6 Å². The van der Waals surface area contributed by atoms with Gasteiger partial charge in [-0.15, -0.1) is 0 Å². The number of rotatable bonds is 5. The van der Waals surface area contributed by atoms with Gasteiger partial charge in [-0.05, 0) is 12.8 Å². The topological polar surface area (TPSA) is 122 Å². The molecule has 1 rings (SSSR count). The van der Waals surface area contributed by atoms with Gasteiger partial charge in [-0.3, -0.25) is 4.79 Å². The van der Waals surface area contributed by atoms with Gasteiger partial charge in [0.1, 0.15) is 6.10 Å². The second kappa shape index (κ2) is 5.78. The number of amides is 1. The summed E-state index contributed by atoms with van der Waals surface area (Å²) in [5.41, 5.74) is 5.38. The van der Waals surface area contributed by atoms with Crippen molar-refractivity contribution in [1.29, 1.82) is 0 Å². The van der Waals surface area contributed by atoms with Crippen molar-refractivity contribution in [3.63, 3.8) is 0 Å². The van der Waals surface area contributed by atoms with Gasteiger partial charge in [-0.1, -0.05) is 0 Å². The van der Waals surface area contributed by atoms with E-state index in [0.717, 1.165) is 6.42 Å². The van der Waals surface area contributed by atoms with Crippen LogP contribution in [0.15, 0.2) is 0 Å². The van der Waals surface area contributed by atoms with Crippen LogP contribution in [0.25, 0.3) is 0 Å². The average molecular weight is 232 g/mol. The first-order chi connectivity index (χ1) is 7.54. The zero-order chi connectivity index (χ0) is 12.1. The number of carboxylic acid groups (broad SMARTS) is 1. The first-order valence-corrected chi connectivity index (χ1v) is 5.08. The van der Waals surface area contributed by atoms with Crippen LogP contribution in [0.5, 0.6) is 0 Å². The minimum absolute atomic E-state index is 0.111. The van der Waals surface area contributed by atoms with E-state index in [4.69, 9.17) is 20.7 Å². The second-order valence-corrected chi connectivity index (χ2v) is 3.66. The summed E-state index contributed by atoms with van der Waals surface area (Å²) in [6.45, 7) is 0.0445. The molecule has 1 saturated heterocycles. The van der Waals surface area contributed by atoms with E-state index in [1.807, 2.05) is 0 Å². The Balaban J connectivity index is 2.28. The molecule has 3 atom stereocenters. The number of hydrogen-bond donors (Lipinski definition) is 4. The lowest BCUT2D eigenvalue weighted by atomic mass is 10.2. The Morgan fingerprint density at radius 2 is 2.19 bits per heavy atom. The fraction of sp³-hybridized carbons (Fsp3) is 0.778. The molecule has 1 heterocycles. The molecular weight excluding hydrogens is 216 g/mol. The largest absolute Gasteiger partial charge is 0.479 e. The number of carbonyl (C=O) groups is 2. The van der Waals surface area contributed by atoms with E-state index in [2.05, 4.69) is 5.32 Å². The highest BCUT2D eigenvalue weighted by Crippen LogP contribution is 2.18. The highest BCUT2D eigenvalue weighted by Gasteiger charge is 2.30. The highest BCUT2D eigenvalue weighted by molar-refractivity contribution is 5.82. The number of carboxylic acids is 1. The summed E-state index contributed by atoms with van der Waals surface area (Å²) < 4.78 is 5.30. The summed E-state index contributed by atoms with van der Waals surface area (Å²) in [7, 11) is 0. The zero-order valence-electron chi connectivity index (χ0n) is 8.76. The Morgan fingerprint density at radius 1 is 1.50 bits per heavy atom. The third-order valence-electron chi connectivity index (χ3n) is 2.42. The van der Waals surface area contributed by atoms with E-state index in [1.165, 1.54) is 0 Å². The summed E-state index contributed by atoms with van der Waals surface area (Å²) in [6, 6.07) is 0. The quantitative estimate of drug-likeness (QED) is 0.437. The lowest BCUT2D eigenvalue weighted by molar-refractivity contribution is -0.146. The smallest absolute Gasteiger partial charge is 0.334 e. The maximum absolute atomic E-state index is 11.5. The van der Waals surface area contributed by atoms with Crippen LogP contribution in [0, 0.1) is 0 Å². The molecule has 5 N–H and O–H groups in total. The molecule has 0 aliphatic carbocycles. The van der Waals surface area contributed by atoms with Gasteiger partial charge < -0.3 is 26.0 Å². The van der Waals surface area contributed by atoms with Gasteiger partial charge in [0.05, 0.1) is 12.6 Å². The fourth-order valence-electron chi connectivity index (χ4n) is 1.47. The molecule has 2 unspecified atom stereocenters. The lowest BCUT2D eigenvalue weighted by Gasteiger charge is -2.13. The van der Waals surface area contributed by atoms with Crippen molar-refractivity contribution in [2.24, 2.45) is 5.73 Å². The summed E-state index contributed by atoms with van der Waals surface area (Å²) >= 11 is 0. The number of ether oxygens (including phenoxy) is 1. The monoisotopic (exact) mass is 232 g/mol. The molecule has 0 aromatic carbocycles. The number of aliphatic hydroxyl groups excluding tert-OH is 1. The van der Waals surface area contributed by atoms with Crippen molar-refractivity contribution in [1.82, 2.24) is 5.32 Å². The highest BCUT2D eigenvalue weighted by atomic mass is 16.5. The van der Waals surface area contributed by atoms with E-state index < -0.39 is 24.1 Å². The first kappa shape index (κ1) is 12.9. The van der Waals surface area contributed by atoms with Crippen LogP contribution < -0.4 is 11.1 Å². The minimum Gasteiger partial charge on any atom is -0.479 e. The van der Waals surface area contributed by atoms with Crippen molar-refractivity contribution in [3.8, 4) is 0 Å². The van der Waals surface area contributed by atoms with Crippen LogP contribution in [-0.2, 0) is 14.3 Å². The maximum Gasteiger partial charge on any atom is 0.334 e. The Bertz CT molecular complexity index is 271. The van der Waals surface area contributed by atoms with Crippen LogP contribution in [-0.4, -0.2) is 53.5 Å². The van der Waals surface area contributed by atoms with Crippen LogP contribution in [0.3, 0.4) is 0 Å². The number of carbonyl (C=O) groups excluding carboxylic acids is 1. The number of nitrogens with two attached hydrogens (primary N) is 1. The fourth-order valence-corrected chi connectivity index (χ4v) is 1.47. The summed E-state index contributed by atoms with van der Waals surface area (Å²) in [4.78, 5) is 21.7. The van der Waals surface area contributed by atoms with Gasteiger partial charge in [-0.2, -0.15) is 0 Å². The molecule has 7 nitrogen and oxygen atoms in total. The van der Waals surface area contributed by atoms with Crippen LogP contribution >= 0.6 is 0 Å². The van der Waals surface area contributed by atoms with Crippen molar-refractivity contribution in [2.45, 2.75) is 31.2 Å². The predicted octanol–water partition coefficient (Wildman–Crippen LogP) is -1.95. The molecule has 1 aliphatic heterocycles. The Hall–Kier alpha value is -1.18. The Morgan fingerprint density at radius 3 is 2.69 bits per heavy atom. The van der Waals surface area contributed by atoms with Crippen LogP contribution in [0.4, 0.5) is 0 Å². The Labute approximate surface area is 92.6 Å². The third kappa shape index (κ3) is 3.44. The van der Waals surface area contributed by atoms with E-state index >= 15 is 0 Å². The number of hydrogen-bond acceptors (Lipinski definition) is 5. The molecule has 0 bridgehead atoms. The molecular formula is C9H16N2O5. The molecule has 16 heavy (non-hydrogen) atoms. The van der Waals surface area contributed by atoms with Crippen LogP contribution in [0.2, 0.25) is 0 Å². The molecule has 0 aromatic heterocycles. The van der Waals surface area contributed by atoms with Crippen molar-refractivity contribution >= 4 is 11.9 Å². The lowest BCUT2D eigenvalue weighted by Crippen LogP contribution is -2.41. The zero-order valence-corrected chi connectivity index (χ0v) is 8.76. The van der Waals surface area contributed by atoms with E-state index in [1.54, 1.807) is 0 Å². The standard InChI is InChI=1S/C9H16N2O5/c10-3-5-1-2-7(16-5)8(13)11-4-6(12)9(14)15/h5-7,12H,1-4,10H2,(H,11,13)(H,14,15)/t5?,6-,7?/m0/s1. The summed E-state index contributed by atoms with van der Waals surface area (Å²) in [5, 5.41) is 19.6. The summed E-state index contributed by atoms with van der Waals surface area (Å²) in [6.07, 6.45) is -1.00. The average Bonchev–Trinajstić information content (AvgIpc) is 2.73. The van der Waals surface area contributed by atoms with Crippen molar-refractivity contribution in [2.75, 3.05) is 13.1 Å². The minimum atomic E-state index is -1.59.